The molecular formula is C9H14. The minimum absolute atomic E-state index is 1.14. The van der Waals surface area contributed by atoms with Crippen LogP contribution in [0.15, 0.2) is 30.3 Å². The van der Waals surface area contributed by atoms with Crippen molar-refractivity contribution in [1.82, 2.24) is 0 Å². The molecule has 0 aromatic heterocycles. The van der Waals surface area contributed by atoms with Gasteiger partial charge in [-0.25, -0.2) is 0 Å². The van der Waals surface area contributed by atoms with Crippen molar-refractivity contribution >= 4 is 0 Å². The number of benzene rings is 1. The Morgan fingerprint density at radius 3 is 2.22 bits per heavy atom. The van der Waals surface area contributed by atoms with E-state index in [-0.39, 0.29) is 0 Å². The molecule has 0 unspecified atom stereocenters. The van der Waals surface area contributed by atoms with E-state index in [0.717, 1.165) is 6.42 Å². The molecule has 1 aromatic rings. The van der Waals surface area contributed by atoms with Crippen LogP contribution in [0, 0.1) is 0 Å². The lowest BCUT2D eigenvalue weighted by atomic mass is 10.2. The van der Waals surface area contributed by atoms with Crippen LogP contribution >= 0.6 is 0 Å². The van der Waals surface area contributed by atoms with Crippen LogP contribution in [-0.4, -0.2) is 0 Å². The van der Waals surface area contributed by atoms with Gasteiger partial charge in [0.2, 0.25) is 0 Å². The summed E-state index contributed by atoms with van der Waals surface area (Å²) in [5.74, 6) is 0. The Kier molecular flexibility index (Phi) is 2.91. The van der Waals surface area contributed by atoms with Gasteiger partial charge in [-0.3, -0.25) is 0 Å². The Morgan fingerprint density at radius 1 is 1.33 bits per heavy atom. The summed E-state index contributed by atoms with van der Waals surface area (Å²) in [4.78, 5) is 0. The summed E-state index contributed by atoms with van der Waals surface area (Å²) in [6.07, 6.45) is 1.14. The minimum Gasteiger partial charge on any atom is -0.0776 e. The fourth-order valence-electron chi connectivity index (χ4n) is 0.714. The summed E-state index contributed by atoms with van der Waals surface area (Å²) < 4.78 is 5.75. The molecule has 0 amide bonds. The molecule has 0 heterocycles. The summed E-state index contributed by atoms with van der Waals surface area (Å²) in [5.41, 5.74) is 1.41. The molecule has 9 heavy (non-hydrogen) atoms. The predicted octanol–water partition coefficient (Wildman–Crippen LogP) is 2.89. The van der Waals surface area contributed by atoms with Gasteiger partial charge < -0.3 is 0 Å². The quantitative estimate of drug-likeness (QED) is 0.540. The number of aryl methyl sites for hydroxylation is 1. The largest absolute Gasteiger partial charge is 0.0776 e. The molecule has 0 radical (unpaired) electrons. The molecule has 0 aliphatic rings. The molecule has 0 fully saturated rings. The molecule has 0 N–H and O–H groups in total. The minimum atomic E-state index is 1.14. The third-order valence-corrected chi connectivity index (χ3v) is 1.25. The van der Waals surface area contributed by atoms with Crippen molar-refractivity contribution < 1.29 is 1.37 Å². The third-order valence-electron chi connectivity index (χ3n) is 1.25. The van der Waals surface area contributed by atoms with Gasteiger partial charge in [0, 0.05) is 1.37 Å². The maximum absolute atomic E-state index is 5.75. The second-order valence-electron chi connectivity index (χ2n) is 1.84. The van der Waals surface area contributed by atoms with E-state index in [2.05, 4.69) is 31.2 Å². The van der Waals surface area contributed by atoms with Crippen LogP contribution < -0.4 is 0 Å². The lowest BCUT2D eigenvalue weighted by molar-refractivity contribution is 1.14. The first-order valence-corrected chi connectivity index (χ1v) is 2.97. The van der Waals surface area contributed by atoms with Gasteiger partial charge in [-0.2, -0.15) is 0 Å². The lowest BCUT2D eigenvalue weighted by Crippen LogP contribution is -1.73. The molecular weight excluding hydrogens is 108 g/mol. The van der Waals surface area contributed by atoms with Gasteiger partial charge in [-0.15, -0.1) is 0 Å². The molecule has 0 nitrogen and oxygen atoms in total. The molecule has 1 rings (SSSR count). The first-order chi connectivity index (χ1) is 4.93. The normalized spacial score (nSPS) is 8.89. The van der Waals surface area contributed by atoms with E-state index in [0.29, 0.717) is 0 Å². The maximum atomic E-state index is 5.75. The summed E-state index contributed by atoms with van der Waals surface area (Å²) in [6.45, 7) is 2.16. The maximum Gasteiger partial charge on any atom is 0.0194 e. The molecule has 1 aromatic carbocycles. The lowest BCUT2D eigenvalue weighted by Gasteiger charge is -1.89. The number of hydrogen-bond acceptors (Lipinski definition) is 0. The average molecular weight is 124 g/mol. The van der Waals surface area contributed by atoms with E-state index in [1.54, 1.807) is 0 Å². The molecule has 0 saturated carbocycles. The van der Waals surface area contributed by atoms with E-state index in [9.17, 15) is 0 Å². The van der Waals surface area contributed by atoms with Crippen molar-refractivity contribution in [3.8, 4) is 0 Å². The average Bonchev–Trinajstić information content (AvgIpc) is 2.10. The van der Waals surface area contributed by atoms with Crippen LogP contribution in [0.25, 0.3) is 0 Å². The van der Waals surface area contributed by atoms with Crippen LogP contribution in [0.1, 0.15) is 21.3 Å². The Labute approximate surface area is 58.9 Å². The zero-order valence-corrected chi connectivity index (χ0v) is 6.09. The standard InChI is InChI=1S/C8H10.CH4/c1-2-8-6-4-3-5-7-8;/h3-7H,2H2,1H3;1H4/i;1T. The Balaban J connectivity index is 0.000000371. The van der Waals surface area contributed by atoms with Gasteiger partial charge in [-0.1, -0.05) is 44.7 Å². The molecule has 0 spiro atoms. The summed E-state index contributed by atoms with van der Waals surface area (Å²) in [5, 5.41) is 0. The topological polar surface area (TPSA) is 0 Å². The smallest absolute Gasteiger partial charge is 0.0194 e. The first-order valence-electron chi connectivity index (χ1n) is 3.97. The monoisotopic (exact) mass is 124 g/mol. The second kappa shape index (κ2) is 4.13. The molecule has 0 saturated heterocycles. The molecule has 0 aliphatic carbocycles. The highest BCUT2D eigenvalue weighted by molar-refractivity contribution is 5.13. The molecule has 0 aliphatic heterocycles. The van der Waals surface area contributed by atoms with E-state index >= 15 is 0 Å². The third kappa shape index (κ3) is 2.31. The molecule has 0 atom stereocenters. The van der Waals surface area contributed by atoms with E-state index in [1.807, 2.05) is 6.07 Å². The van der Waals surface area contributed by atoms with Crippen molar-refractivity contribution in [2.24, 2.45) is 0 Å². The fourth-order valence-corrected chi connectivity index (χ4v) is 0.714. The summed E-state index contributed by atoms with van der Waals surface area (Å²) in [6, 6.07) is 10.5. The first kappa shape index (κ1) is 6.34. The fraction of sp³-hybridized carbons (Fsp3) is 0.333. The van der Waals surface area contributed by atoms with Crippen molar-refractivity contribution in [3.63, 3.8) is 0 Å². The zero-order chi connectivity index (χ0) is 7.82. The van der Waals surface area contributed by atoms with Gasteiger partial charge >= 0.3 is 0 Å². The van der Waals surface area contributed by atoms with E-state index < -0.39 is 0 Å². The van der Waals surface area contributed by atoms with Gasteiger partial charge in [0.1, 0.15) is 0 Å². The van der Waals surface area contributed by atoms with E-state index in [1.165, 1.54) is 13.0 Å². The predicted molar refractivity (Wildman–Crippen MR) is 42.6 cm³/mol. The molecule has 50 valence electrons. The SMILES string of the molecule is CCc1ccccc1.[3H]C. The van der Waals surface area contributed by atoms with Gasteiger partial charge in [0.25, 0.3) is 0 Å². The van der Waals surface area contributed by atoms with Crippen LogP contribution in [0.3, 0.4) is 0 Å². The van der Waals surface area contributed by atoms with Crippen molar-refractivity contribution in [1.29, 1.82) is 0 Å². The van der Waals surface area contributed by atoms with Crippen molar-refractivity contribution in [2.75, 3.05) is 0 Å². The van der Waals surface area contributed by atoms with Crippen molar-refractivity contribution in [3.05, 3.63) is 35.9 Å². The Hall–Kier alpha value is -0.780. The van der Waals surface area contributed by atoms with Crippen molar-refractivity contribution in [2.45, 2.75) is 20.7 Å². The van der Waals surface area contributed by atoms with Crippen LogP contribution in [0.2, 0.25) is 0 Å². The van der Waals surface area contributed by atoms with Gasteiger partial charge in [-0.05, 0) is 12.0 Å². The highest BCUT2D eigenvalue weighted by Crippen LogP contribution is 1.96. The summed E-state index contributed by atoms with van der Waals surface area (Å²) >= 11 is 0. The van der Waals surface area contributed by atoms with Gasteiger partial charge in [0.15, 0.2) is 0 Å². The van der Waals surface area contributed by atoms with Crippen LogP contribution in [0.5, 0.6) is 0 Å². The number of hydrogen-bond donors (Lipinski definition) is 0. The molecule has 0 bridgehead atoms. The summed E-state index contributed by atoms with van der Waals surface area (Å²) in [7, 11) is 1.25. The van der Waals surface area contributed by atoms with Crippen LogP contribution in [0.4, 0.5) is 0 Å². The highest BCUT2D eigenvalue weighted by atomic mass is 13.9. The zero-order valence-electron chi connectivity index (χ0n) is 7.09. The Bertz CT molecular complexity index is 146. The van der Waals surface area contributed by atoms with E-state index in [4.69, 9.17) is 1.37 Å². The molecule has 0 heteroatoms. The van der Waals surface area contributed by atoms with Crippen LogP contribution in [-0.2, 0) is 6.42 Å². The van der Waals surface area contributed by atoms with Gasteiger partial charge in [0.05, 0.1) is 0 Å². The second-order valence-corrected chi connectivity index (χ2v) is 1.84. The Morgan fingerprint density at radius 2 is 1.89 bits per heavy atom. The highest BCUT2D eigenvalue weighted by Gasteiger charge is 1.79. The number of rotatable bonds is 1.